The first-order valence-corrected chi connectivity index (χ1v) is 11.6. The second-order valence-corrected chi connectivity index (χ2v) is 9.14. The van der Waals surface area contributed by atoms with Crippen molar-refractivity contribution < 1.29 is 9.53 Å². The van der Waals surface area contributed by atoms with Gasteiger partial charge in [0.2, 0.25) is 0 Å². The summed E-state index contributed by atoms with van der Waals surface area (Å²) in [6.07, 6.45) is 1.96. The molecule has 1 aromatic carbocycles. The Hall–Kier alpha value is -2.32. The summed E-state index contributed by atoms with van der Waals surface area (Å²) in [5.74, 6) is 0.640. The van der Waals surface area contributed by atoms with Crippen LogP contribution in [0, 0.1) is 6.92 Å². The van der Waals surface area contributed by atoms with E-state index in [1.807, 2.05) is 31.2 Å². The van der Waals surface area contributed by atoms with E-state index < -0.39 is 6.17 Å². The fourth-order valence-corrected chi connectivity index (χ4v) is 4.72. The van der Waals surface area contributed by atoms with Crippen LogP contribution in [0.3, 0.4) is 0 Å². The zero-order chi connectivity index (χ0) is 23.7. The SMILES string of the molecule is COc1cc(N2CCN(C(C=O)n3nc(-c4ccc(Cl)nc4)c(Cl)c3C)[C@@H](C)C2)ccc1Cl. The van der Waals surface area contributed by atoms with Gasteiger partial charge in [-0.15, -0.1) is 0 Å². The van der Waals surface area contributed by atoms with Gasteiger partial charge in [0.05, 0.1) is 22.8 Å². The number of rotatable bonds is 6. The number of pyridine rings is 1. The lowest BCUT2D eigenvalue weighted by molar-refractivity contribution is -0.117. The quantitative estimate of drug-likeness (QED) is 0.340. The smallest absolute Gasteiger partial charge is 0.161 e. The molecule has 0 saturated carbocycles. The standard InChI is InChI=1S/C23H24Cl3N5O2/c1-14-12-29(17-5-6-18(24)19(10-17)33-3)8-9-30(14)21(13-32)31-15(2)22(26)23(28-31)16-4-7-20(25)27-11-16/h4-7,10-11,13-14,21H,8-9,12H2,1-3H3/t14-,21?/m0/s1. The highest BCUT2D eigenvalue weighted by atomic mass is 35.5. The van der Waals surface area contributed by atoms with Crippen LogP contribution in [0.5, 0.6) is 5.75 Å². The largest absolute Gasteiger partial charge is 0.495 e. The average Bonchev–Trinajstić information content (AvgIpc) is 3.10. The molecular weight excluding hydrogens is 485 g/mol. The Balaban J connectivity index is 1.57. The van der Waals surface area contributed by atoms with E-state index in [0.29, 0.717) is 33.2 Å². The molecule has 0 aliphatic carbocycles. The molecule has 0 amide bonds. The van der Waals surface area contributed by atoms with E-state index in [1.165, 1.54) is 0 Å². The Kier molecular flexibility index (Phi) is 7.14. The molecule has 3 heterocycles. The van der Waals surface area contributed by atoms with Crippen LogP contribution < -0.4 is 9.64 Å². The predicted octanol–water partition coefficient (Wildman–Crippen LogP) is 5.13. The highest BCUT2D eigenvalue weighted by Crippen LogP contribution is 2.34. The minimum absolute atomic E-state index is 0.0821. The van der Waals surface area contributed by atoms with Crippen molar-refractivity contribution in [1.29, 1.82) is 0 Å². The predicted molar refractivity (Wildman–Crippen MR) is 132 cm³/mol. The van der Waals surface area contributed by atoms with Gasteiger partial charge in [-0.2, -0.15) is 5.10 Å². The maximum Gasteiger partial charge on any atom is 0.161 e. The maximum absolute atomic E-state index is 12.3. The lowest BCUT2D eigenvalue weighted by Crippen LogP contribution is -2.54. The summed E-state index contributed by atoms with van der Waals surface area (Å²) in [7, 11) is 1.60. The summed E-state index contributed by atoms with van der Waals surface area (Å²) < 4.78 is 7.05. The van der Waals surface area contributed by atoms with E-state index in [2.05, 4.69) is 26.8 Å². The number of piperazine rings is 1. The van der Waals surface area contributed by atoms with Gasteiger partial charge in [-0.25, -0.2) is 9.67 Å². The van der Waals surface area contributed by atoms with Crippen LogP contribution in [0.25, 0.3) is 11.3 Å². The third-order valence-electron chi connectivity index (χ3n) is 5.97. The van der Waals surface area contributed by atoms with E-state index in [0.717, 1.165) is 36.3 Å². The molecule has 3 aromatic rings. The molecule has 1 unspecified atom stereocenters. The van der Waals surface area contributed by atoms with Crippen molar-refractivity contribution >= 4 is 46.8 Å². The molecular formula is C23H24Cl3N5O2. The number of hydrogen-bond acceptors (Lipinski definition) is 6. The zero-order valence-corrected chi connectivity index (χ0v) is 20.8. The normalized spacial score (nSPS) is 17.8. The van der Waals surface area contributed by atoms with Gasteiger partial charge in [0.25, 0.3) is 0 Å². The van der Waals surface area contributed by atoms with E-state index >= 15 is 0 Å². The van der Waals surface area contributed by atoms with Crippen LogP contribution in [-0.2, 0) is 4.79 Å². The van der Waals surface area contributed by atoms with E-state index in [9.17, 15) is 4.79 Å². The zero-order valence-electron chi connectivity index (χ0n) is 18.5. The fraction of sp³-hybridized carbons (Fsp3) is 0.348. The van der Waals surface area contributed by atoms with Crippen LogP contribution in [0.1, 0.15) is 18.8 Å². The lowest BCUT2D eigenvalue weighted by Gasteiger charge is -2.43. The average molecular weight is 509 g/mol. The number of halogens is 3. The van der Waals surface area contributed by atoms with Gasteiger partial charge in [-0.05, 0) is 38.1 Å². The molecule has 0 radical (unpaired) electrons. The Morgan fingerprint density at radius 2 is 1.97 bits per heavy atom. The molecule has 1 aliphatic rings. The minimum atomic E-state index is -0.576. The molecule has 1 aliphatic heterocycles. The molecule has 0 N–H and O–H groups in total. The summed E-state index contributed by atoms with van der Waals surface area (Å²) >= 11 is 18.7. The van der Waals surface area contributed by atoms with Crippen molar-refractivity contribution in [2.24, 2.45) is 0 Å². The highest BCUT2D eigenvalue weighted by molar-refractivity contribution is 6.34. The van der Waals surface area contributed by atoms with E-state index in [1.54, 1.807) is 24.1 Å². The van der Waals surface area contributed by atoms with Crippen LogP contribution >= 0.6 is 34.8 Å². The lowest BCUT2D eigenvalue weighted by atomic mass is 10.1. The number of hydrogen-bond donors (Lipinski definition) is 0. The van der Waals surface area contributed by atoms with Crippen molar-refractivity contribution in [3.8, 4) is 17.0 Å². The molecule has 0 bridgehead atoms. The Morgan fingerprint density at radius 1 is 1.18 bits per heavy atom. The molecule has 2 aromatic heterocycles. The fourth-order valence-electron chi connectivity index (χ4n) is 4.18. The highest BCUT2D eigenvalue weighted by Gasteiger charge is 2.33. The third kappa shape index (κ3) is 4.68. The number of carbonyl (C=O) groups is 1. The molecule has 1 fully saturated rings. The topological polar surface area (TPSA) is 63.5 Å². The van der Waals surface area contributed by atoms with Gasteiger partial charge in [0.1, 0.15) is 16.6 Å². The Labute approximate surface area is 207 Å². The maximum atomic E-state index is 12.3. The van der Waals surface area contributed by atoms with Gasteiger partial charge in [-0.1, -0.05) is 34.8 Å². The third-order valence-corrected chi connectivity index (χ3v) is 6.96. The van der Waals surface area contributed by atoms with Crippen molar-refractivity contribution in [3.63, 3.8) is 0 Å². The van der Waals surface area contributed by atoms with Crippen LogP contribution in [-0.4, -0.2) is 58.7 Å². The van der Waals surface area contributed by atoms with Gasteiger partial charge in [-0.3, -0.25) is 9.69 Å². The monoisotopic (exact) mass is 507 g/mol. The summed E-state index contributed by atoms with van der Waals surface area (Å²) in [6, 6.07) is 9.33. The summed E-state index contributed by atoms with van der Waals surface area (Å²) in [4.78, 5) is 20.8. The molecule has 10 heteroatoms. The van der Waals surface area contributed by atoms with E-state index in [4.69, 9.17) is 39.5 Å². The molecule has 4 rings (SSSR count). The van der Waals surface area contributed by atoms with Crippen LogP contribution in [0.4, 0.5) is 5.69 Å². The molecule has 174 valence electrons. The van der Waals surface area contributed by atoms with Crippen LogP contribution in [0.15, 0.2) is 36.5 Å². The molecule has 1 saturated heterocycles. The Bertz CT molecular complexity index is 1150. The molecule has 2 atom stereocenters. The van der Waals surface area contributed by atoms with Crippen molar-refractivity contribution in [2.45, 2.75) is 26.1 Å². The number of anilines is 1. The Morgan fingerprint density at radius 3 is 2.61 bits per heavy atom. The molecule has 7 nitrogen and oxygen atoms in total. The van der Waals surface area contributed by atoms with Crippen molar-refractivity contribution in [2.75, 3.05) is 31.6 Å². The minimum Gasteiger partial charge on any atom is -0.495 e. The van der Waals surface area contributed by atoms with E-state index in [-0.39, 0.29) is 6.04 Å². The molecule has 0 spiro atoms. The summed E-state index contributed by atoms with van der Waals surface area (Å²) in [6.45, 7) is 6.10. The first-order valence-electron chi connectivity index (χ1n) is 10.5. The van der Waals surface area contributed by atoms with Crippen molar-refractivity contribution in [3.05, 3.63) is 57.4 Å². The van der Waals surface area contributed by atoms with Gasteiger partial charge < -0.3 is 9.64 Å². The summed E-state index contributed by atoms with van der Waals surface area (Å²) in [5.41, 5.74) is 3.06. The number of benzene rings is 1. The van der Waals surface area contributed by atoms with Crippen molar-refractivity contribution in [1.82, 2.24) is 19.7 Å². The first-order chi connectivity index (χ1) is 15.8. The number of nitrogens with zero attached hydrogens (tertiary/aromatic N) is 5. The van der Waals surface area contributed by atoms with Crippen LogP contribution in [0.2, 0.25) is 15.2 Å². The number of ether oxygens (including phenoxy) is 1. The van der Waals surface area contributed by atoms with Gasteiger partial charge in [0, 0.05) is 49.2 Å². The van der Waals surface area contributed by atoms with Gasteiger partial charge in [0.15, 0.2) is 12.5 Å². The summed E-state index contributed by atoms with van der Waals surface area (Å²) in [5, 5.41) is 6.14. The second-order valence-electron chi connectivity index (χ2n) is 7.96. The first kappa shape index (κ1) is 23.8. The number of aldehydes is 1. The number of aromatic nitrogens is 3. The number of methoxy groups -OCH3 is 1. The second kappa shape index (κ2) is 9.89. The molecule has 33 heavy (non-hydrogen) atoms. The van der Waals surface area contributed by atoms with Gasteiger partial charge >= 0.3 is 0 Å². The number of carbonyl (C=O) groups excluding carboxylic acids is 1.